The molecule has 0 spiro atoms. The first-order valence-corrected chi connectivity index (χ1v) is 4.41. The Morgan fingerprint density at radius 1 is 1.64 bits per heavy atom. The normalized spacial score (nSPS) is 9.86. The Morgan fingerprint density at radius 3 is 2.93 bits per heavy atom. The third-order valence-electron chi connectivity index (χ3n) is 1.66. The van der Waals surface area contributed by atoms with Crippen LogP contribution in [0, 0.1) is 0 Å². The fourth-order valence-electron chi connectivity index (χ4n) is 1.03. The average Bonchev–Trinajstić information content (AvgIpc) is 2.10. The van der Waals surface area contributed by atoms with Crippen LogP contribution >= 0.6 is 11.6 Å². The molecule has 0 fully saturated rings. The van der Waals surface area contributed by atoms with Crippen LogP contribution in [-0.4, -0.2) is 13.0 Å². The Morgan fingerprint density at radius 2 is 2.36 bits per heavy atom. The minimum atomic E-state index is -0.387. The lowest BCUT2D eigenvalue weighted by Crippen LogP contribution is -2.17. The predicted molar refractivity (Wildman–Crippen MR) is 54.7 cm³/mol. The number of nitrogens with one attached hydrogen (secondary N) is 1. The van der Waals surface area contributed by atoms with Gasteiger partial charge in [-0.3, -0.25) is 4.79 Å². The lowest BCUT2D eigenvalue weighted by atomic mass is 10.1. The van der Waals surface area contributed by atoms with Gasteiger partial charge in [-0.15, -0.1) is 0 Å². The third-order valence-corrected chi connectivity index (χ3v) is 1.89. The zero-order valence-corrected chi connectivity index (χ0v) is 8.47. The molecule has 0 heterocycles. The molecular weight excluding hydrogens is 204 g/mol. The number of nitrogen functional groups attached to an aromatic ring is 1. The molecule has 0 saturated heterocycles. The average molecular weight is 215 g/mol. The number of rotatable bonds is 3. The number of hydrogen-bond donors (Lipinski definition) is 2. The maximum atomic E-state index is 11.1. The summed E-state index contributed by atoms with van der Waals surface area (Å²) in [6.07, 6.45) is 0.129. The SMILES string of the molecule is CNOC(=O)Cc1ccc(Cl)cc1N. The Balaban J connectivity index is 2.72. The van der Waals surface area contributed by atoms with E-state index in [2.05, 4.69) is 10.3 Å². The van der Waals surface area contributed by atoms with Crippen molar-refractivity contribution in [1.82, 2.24) is 5.48 Å². The number of anilines is 1. The standard InChI is InChI=1S/C9H11ClN2O2/c1-12-14-9(13)4-6-2-3-7(10)5-8(6)11/h2-3,5,12H,4,11H2,1H3. The highest BCUT2D eigenvalue weighted by Gasteiger charge is 2.07. The summed E-state index contributed by atoms with van der Waals surface area (Å²) in [4.78, 5) is 15.6. The highest BCUT2D eigenvalue weighted by molar-refractivity contribution is 6.30. The Labute approximate surface area is 86.9 Å². The minimum Gasteiger partial charge on any atom is -0.398 e. The van der Waals surface area contributed by atoms with E-state index in [9.17, 15) is 4.79 Å². The molecular formula is C9H11ClN2O2. The van der Waals surface area contributed by atoms with E-state index in [-0.39, 0.29) is 12.4 Å². The van der Waals surface area contributed by atoms with Crippen molar-refractivity contribution >= 4 is 23.3 Å². The minimum absolute atomic E-state index is 0.129. The molecule has 0 radical (unpaired) electrons. The second-order valence-corrected chi connectivity index (χ2v) is 3.13. The van der Waals surface area contributed by atoms with Crippen LogP contribution in [0.1, 0.15) is 5.56 Å². The van der Waals surface area contributed by atoms with Crippen LogP contribution < -0.4 is 11.2 Å². The van der Waals surface area contributed by atoms with Crippen molar-refractivity contribution in [2.75, 3.05) is 12.8 Å². The maximum absolute atomic E-state index is 11.1. The Hall–Kier alpha value is -1.26. The van der Waals surface area contributed by atoms with Crippen molar-refractivity contribution < 1.29 is 9.63 Å². The topological polar surface area (TPSA) is 64.3 Å². The molecule has 14 heavy (non-hydrogen) atoms. The first-order valence-electron chi connectivity index (χ1n) is 4.04. The Kier molecular flexibility index (Phi) is 3.73. The second kappa shape index (κ2) is 4.83. The van der Waals surface area contributed by atoms with Crippen molar-refractivity contribution in [2.45, 2.75) is 6.42 Å². The molecule has 76 valence electrons. The summed E-state index contributed by atoms with van der Waals surface area (Å²) in [5.41, 5.74) is 9.15. The molecule has 4 nitrogen and oxygen atoms in total. The zero-order chi connectivity index (χ0) is 10.6. The van der Waals surface area contributed by atoms with Gasteiger partial charge in [-0.1, -0.05) is 17.7 Å². The zero-order valence-electron chi connectivity index (χ0n) is 7.71. The van der Waals surface area contributed by atoms with E-state index in [1.807, 2.05) is 0 Å². The van der Waals surface area contributed by atoms with Crippen molar-refractivity contribution in [3.8, 4) is 0 Å². The fourth-order valence-corrected chi connectivity index (χ4v) is 1.21. The van der Waals surface area contributed by atoms with Crippen LogP contribution in [0.2, 0.25) is 5.02 Å². The monoisotopic (exact) mass is 214 g/mol. The van der Waals surface area contributed by atoms with Crippen LogP contribution in [0.3, 0.4) is 0 Å². The molecule has 0 aliphatic heterocycles. The lowest BCUT2D eigenvalue weighted by molar-refractivity contribution is -0.149. The summed E-state index contributed by atoms with van der Waals surface area (Å²) in [7, 11) is 1.52. The van der Waals surface area contributed by atoms with Crippen molar-refractivity contribution in [1.29, 1.82) is 0 Å². The van der Waals surface area contributed by atoms with E-state index in [1.165, 1.54) is 7.05 Å². The van der Waals surface area contributed by atoms with Gasteiger partial charge in [-0.25, -0.2) is 0 Å². The number of nitrogens with two attached hydrogens (primary N) is 1. The van der Waals surface area contributed by atoms with E-state index in [4.69, 9.17) is 17.3 Å². The molecule has 0 amide bonds. The molecule has 3 N–H and O–H groups in total. The largest absolute Gasteiger partial charge is 0.398 e. The number of carbonyl (C=O) groups is 1. The van der Waals surface area contributed by atoms with Gasteiger partial charge in [-0.05, 0) is 17.7 Å². The van der Waals surface area contributed by atoms with Crippen LogP contribution in [0.15, 0.2) is 18.2 Å². The van der Waals surface area contributed by atoms with Gasteiger partial charge in [0.05, 0.1) is 6.42 Å². The maximum Gasteiger partial charge on any atom is 0.329 e. The quantitative estimate of drug-likeness (QED) is 0.585. The number of benzene rings is 1. The molecule has 1 aromatic carbocycles. The molecule has 0 bridgehead atoms. The van der Waals surface area contributed by atoms with Crippen LogP contribution in [0.25, 0.3) is 0 Å². The molecule has 0 aromatic heterocycles. The van der Waals surface area contributed by atoms with E-state index < -0.39 is 0 Å². The summed E-state index contributed by atoms with van der Waals surface area (Å²) in [6, 6.07) is 4.98. The Bertz CT molecular complexity index is 342. The summed E-state index contributed by atoms with van der Waals surface area (Å²) in [6.45, 7) is 0. The summed E-state index contributed by atoms with van der Waals surface area (Å²) >= 11 is 5.71. The molecule has 1 rings (SSSR count). The number of carbonyl (C=O) groups excluding carboxylic acids is 1. The summed E-state index contributed by atoms with van der Waals surface area (Å²) in [5.74, 6) is -0.387. The van der Waals surface area contributed by atoms with Crippen LogP contribution in [-0.2, 0) is 16.1 Å². The molecule has 0 aliphatic rings. The number of hydroxylamine groups is 1. The first kappa shape index (κ1) is 10.8. The molecule has 0 aliphatic carbocycles. The highest BCUT2D eigenvalue weighted by Crippen LogP contribution is 2.18. The van der Waals surface area contributed by atoms with Gasteiger partial charge in [-0.2, -0.15) is 5.48 Å². The predicted octanol–water partition coefficient (Wildman–Crippen LogP) is 1.14. The first-order chi connectivity index (χ1) is 6.63. The lowest BCUT2D eigenvalue weighted by Gasteiger charge is -2.05. The van der Waals surface area contributed by atoms with Gasteiger partial charge in [0.15, 0.2) is 0 Å². The summed E-state index contributed by atoms with van der Waals surface area (Å²) < 4.78 is 0. The molecule has 0 saturated carbocycles. The van der Waals surface area contributed by atoms with Gasteiger partial charge >= 0.3 is 5.97 Å². The van der Waals surface area contributed by atoms with E-state index >= 15 is 0 Å². The van der Waals surface area contributed by atoms with Gasteiger partial charge in [0, 0.05) is 17.8 Å². The molecule has 0 unspecified atom stereocenters. The smallest absolute Gasteiger partial charge is 0.329 e. The summed E-state index contributed by atoms with van der Waals surface area (Å²) in [5, 5.41) is 0.549. The third kappa shape index (κ3) is 2.90. The molecule has 5 heteroatoms. The number of halogens is 1. The van der Waals surface area contributed by atoms with E-state index in [0.717, 1.165) is 0 Å². The van der Waals surface area contributed by atoms with E-state index in [0.29, 0.717) is 16.3 Å². The van der Waals surface area contributed by atoms with Crippen molar-refractivity contribution in [2.24, 2.45) is 0 Å². The van der Waals surface area contributed by atoms with Crippen molar-refractivity contribution in [3.05, 3.63) is 28.8 Å². The van der Waals surface area contributed by atoms with Gasteiger partial charge in [0.1, 0.15) is 0 Å². The van der Waals surface area contributed by atoms with Gasteiger partial charge in [0.2, 0.25) is 0 Å². The fraction of sp³-hybridized carbons (Fsp3) is 0.222. The van der Waals surface area contributed by atoms with Gasteiger partial charge < -0.3 is 10.6 Å². The number of hydrogen-bond acceptors (Lipinski definition) is 4. The second-order valence-electron chi connectivity index (χ2n) is 2.70. The van der Waals surface area contributed by atoms with Crippen LogP contribution in [0.5, 0.6) is 0 Å². The molecule has 0 atom stereocenters. The van der Waals surface area contributed by atoms with Gasteiger partial charge in [0.25, 0.3) is 0 Å². The van der Waals surface area contributed by atoms with Crippen molar-refractivity contribution in [3.63, 3.8) is 0 Å². The highest BCUT2D eigenvalue weighted by atomic mass is 35.5. The van der Waals surface area contributed by atoms with Crippen LogP contribution in [0.4, 0.5) is 5.69 Å². The van der Waals surface area contributed by atoms with E-state index in [1.54, 1.807) is 18.2 Å². The molecule has 1 aromatic rings.